The van der Waals surface area contributed by atoms with Crippen LogP contribution >= 0.6 is 0 Å². The van der Waals surface area contributed by atoms with Crippen LogP contribution in [0.4, 0.5) is 0 Å². The van der Waals surface area contributed by atoms with E-state index in [9.17, 15) is 0 Å². The lowest BCUT2D eigenvalue weighted by atomic mass is 9.76. The van der Waals surface area contributed by atoms with Crippen molar-refractivity contribution in [3.05, 3.63) is 180 Å². The first-order chi connectivity index (χ1) is 21.9. The summed E-state index contributed by atoms with van der Waals surface area (Å²) in [5.41, 5.74) is 21.6. The van der Waals surface area contributed by atoms with Crippen molar-refractivity contribution < 1.29 is 0 Å². The van der Waals surface area contributed by atoms with Crippen molar-refractivity contribution in [2.75, 3.05) is 0 Å². The van der Waals surface area contributed by atoms with Gasteiger partial charge < -0.3 is 0 Å². The summed E-state index contributed by atoms with van der Waals surface area (Å²) in [7, 11) is 0. The van der Waals surface area contributed by atoms with E-state index in [1.165, 1.54) is 89.0 Å². The molecule has 0 fully saturated rings. The number of fused-ring (bicyclic) bond motifs is 6. The van der Waals surface area contributed by atoms with Crippen LogP contribution in [0.15, 0.2) is 158 Å². The Bertz CT molecular complexity index is 2190. The summed E-state index contributed by atoms with van der Waals surface area (Å²) < 4.78 is 0. The van der Waals surface area contributed by atoms with Gasteiger partial charge in [-0.3, -0.25) is 0 Å². The summed E-state index contributed by atoms with van der Waals surface area (Å²) in [6.45, 7) is 0. The highest BCUT2D eigenvalue weighted by Crippen LogP contribution is 2.57. The molecule has 0 spiro atoms. The van der Waals surface area contributed by atoms with Crippen LogP contribution in [0, 0.1) is 0 Å². The molecule has 0 atom stereocenters. The highest BCUT2D eigenvalue weighted by molar-refractivity contribution is 6.11. The Morgan fingerprint density at radius 2 is 0.636 bits per heavy atom. The maximum absolute atomic E-state index is 2.38. The SMILES string of the molecule is c1ccc(-c2c3c(c(-c4cccc5c4Cc4ccccc4-5)c(-c4ccccc4)c2-c2ccccc2)Cc2ccccc2-3)cc1. The summed E-state index contributed by atoms with van der Waals surface area (Å²) in [6.07, 6.45) is 1.88. The molecule has 2 aliphatic carbocycles. The largest absolute Gasteiger partial charge is 0.0622 e. The minimum atomic E-state index is 0.923. The van der Waals surface area contributed by atoms with Crippen LogP contribution in [0.1, 0.15) is 22.3 Å². The average molecular weight is 559 g/mol. The molecule has 0 saturated heterocycles. The van der Waals surface area contributed by atoms with Gasteiger partial charge in [-0.25, -0.2) is 0 Å². The zero-order valence-electron chi connectivity index (χ0n) is 24.4. The molecule has 206 valence electrons. The Labute approximate surface area is 258 Å². The Kier molecular flexibility index (Phi) is 5.74. The number of rotatable bonds is 4. The molecule has 2 aliphatic rings. The van der Waals surface area contributed by atoms with Crippen molar-refractivity contribution in [3.8, 4) is 66.8 Å². The predicted octanol–water partition coefficient (Wildman–Crippen LogP) is 11.5. The topological polar surface area (TPSA) is 0 Å². The summed E-state index contributed by atoms with van der Waals surface area (Å²) in [5, 5.41) is 0. The fraction of sp³-hybridized carbons (Fsp3) is 0.0455. The summed E-state index contributed by atoms with van der Waals surface area (Å²) in [4.78, 5) is 0. The summed E-state index contributed by atoms with van der Waals surface area (Å²) >= 11 is 0. The van der Waals surface area contributed by atoms with Crippen LogP contribution in [-0.2, 0) is 12.8 Å². The van der Waals surface area contributed by atoms with E-state index in [2.05, 4.69) is 158 Å². The fourth-order valence-corrected chi connectivity index (χ4v) is 7.75. The molecular formula is C44H30. The van der Waals surface area contributed by atoms with E-state index in [1.54, 1.807) is 0 Å². The third-order valence-electron chi connectivity index (χ3n) is 9.56. The van der Waals surface area contributed by atoms with E-state index in [1.807, 2.05) is 0 Å². The molecule has 0 saturated carbocycles. The zero-order chi connectivity index (χ0) is 29.0. The number of hydrogen-bond donors (Lipinski definition) is 0. The molecule has 0 unspecified atom stereocenters. The first kappa shape index (κ1) is 25.1. The maximum Gasteiger partial charge on any atom is -0.000682 e. The van der Waals surface area contributed by atoms with Gasteiger partial charge in [0.1, 0.15) is 0 Å². The molecule has 0 nitrogen and oxygen atoms in total. The second-order valence-corrected chi connectivity index (χ2v) is 12.0. The zero-order valence-corrected chi connectivity index (χ0v) is 24.4. The molecule has 7 aromatic rings. The molecule has 9 rings (SSSR count). The first-order valence-corrected chi connectivity index (χ1v) is 15.5. The van der Waals surface area contributed by atoms with E-state index in [0.29, 0.717) is 0 Å². The van der Waals surface area contributed by atoms with Gasteiger partial charge in [-0.2, -0.15) is 0 Å². The predicted molar refractivity (Wildman–Crippen MR) is 185 cm³/mol. The molecular weight excluding hydrogens is 528 g/mol. The van der Waals surface area contributed by atoms with Crippen LogP contribution < -0.4 is 0 Å². The third-order valence-corrected chi connectivity index (χ3v) is 9.56. The van der Waals surface area contributed by atoms with E-state index in [-0.39, 0.29) is 0 Å². The van der Waals surface area contributed by atoms with Crippen molar-refractivity contribution in [3.63, 3.8) is 0 Å². The van der Waals surface area contributed by atoms with Crippen molar-refractivity contribution >= 4 is 0 Å². The molecule has 0 bridgehead atoms. The van der Waals surface area contributed by atoms with E-state index in [4.69, 9.17) is 0 Å². The second-order valence-electron chi connectivity index (χ2n) is 12.0. The molecule has 0 heterocycles. The highest BCUT2D eigenvalue weighted by Gasteiger charge is 2.33. The molecule has 0 amide bonds. The molecule has 0 radical (unpaired) electrons. The molecule has 0 heteroatoms. The molecule has 0 N–H and O–H groups in total. The Hall–Kier alpha value is -5.46. The average Bonchev–Trinajstić information content (AvgIpc) is 3.67. The van der Waals surface area contributed by atoms with Gasteiger partial charge >= 0.3 is 0 Å². The van der Waals surface area contributed by atoms with Gasteiger partial charge in [-0.05, 0) is 102 Å². The van der Waals surface area contributed by atoms with Gasteiger partial charge in [0.05, 0.1) is 0 Å². The monoisotopic (exact) mass is 558 g/mol. The summed E-state index contributed by atoms with van der Waals surface area (Å²) in [5.74, 6) is 0. The van der Waals surface area contributed by atoms with Gasteiger partial charge in [0.15, 0.2) is 0 Å². The second kappa shape index (κ2) is 10.1. The van der Waals surface area contributed by atoms with Crippen LogP contribution in [0.5, 0.6) is 0 Å². The van der Waals surface area contributed by atoms with Gasteiger partial charge in [0.25, 0.3) is 0 Å². The van der Waals surface area contributed by atoms with Crippen molar-refractivity contribution in [1.29, 1.82) is 0 Å². The van der Waals surface area contributed by atoms with E-state index < -0.39 is 0 Å². The van der Waals surface area contributed by atoms with Crippen LogP contribution in [0.2, 0.25) is 0 Å². The fourth-order valence-electron chi connectivity index (χ4n) is 7.75. The smallest absolute Gasteiger partial charge is 0.000682 e. The molecule has 44 heavy (non-hydrogen) atoms. The van der Waals surface area contributed by atoms with Gasteiger partial charge in [0, 0.05) is 0 Å². The third kappa shape index (κ3) is 3.78. The highest BCUT2D eigenvalue weighted by atomic mass is 14.4. The Balaban J connectivity index is 1.50. The first-order valence-electron chi connectivity index (χ1n) is 15.5. The lowest BCUT2D eigenvalue weighted by Gasteiger charge is -2.26. The Morgan fingerprint density at radius 3 is 1.23 bits per heavy atom. The van der Waals surface area contributed by atoms with Crippen molar-refractivity contribution in [2.45, 2.75) is 12.8 Å². The molecule has 0 aliphatic heterocycles. The lowest BCUT2D eigenvalue weighted by Crippen LogP contribution is -2.02. The van der Waals surface area contributed by atoms with Crippen molar-refractivity contribution in [2.24, 2.45) is 0 Å². The quantitative estimate of drug-likeness (QED) is 0.201. The normalized spacial score (nSPS) is 12.4. The van der Waals surface area contributed by atoms with Gasteiger partial charge in [-0.1, -0.05) is 158 Å². The Morgan fingerprint density at radius 1 is 0.250 bits per heavy atom. The van der Waals surface area contributed by atoms with Gasteiger partial charge in [0.2, 0.25) is 0 Å². The van der Waals surface area contributed by atoms with E-state index >= 15 is 0 Å². The maximum atomic E-state index is 2.38. The van der Waals surface area contributed by atoms with E-state index in [0.717, 1.165) is 12.8 Å². The number of hydrogen-bond acceptors (Lipinski definition) is 0. The van der Waals surface area contributed by atoms with Crippen LogP contribution in [0.3, 0.4) is 0 Å². The minimum Gasteiger partial charge on any atom is -0.0622 e. The summed E-state index contributed by atoms with van der Waals surface area (Å²) in [6, 6.07) is 58.1. The van der Waals surface area contributed by atoms with Gasteiger partial charge in [-0.15, -0.1) is 0 Å². The standard InChI is InChI=1S/C44H30/c1-4-15-29(16-5-1)40-41(30-17-6-2-7-18-30)43-35-24-13-11-22-33(35)28-39(43)44(42(40)31-19-8-3-9-20-31)37-26-14-25-36-34-23-12-10-21-32(34)27-38(36)37/h1-26H,27-28H2. The van der Waals surface area contributed by atoms with Crippen LogP contribution in [0.25, 0.3) is 66.8 Å². The minimum absolute atomic E-state index is 0.923. The lowest BCUT2D eigenvalue weighted by molar-refractivity contribution is 1.24. The molecule has 0 aromatic heterocycles. The number of benzene rings is 7. The van der Waals surface area contributed by atoms with Crippen LogP contribution in [-0.4, -0.2) is 0 Å². The van der Waals surface area contributed by atoms with Crippen molar-refractivity contribution in [1.82, 2.24) is 0 Å². The molecule has 7 aromatic carbocycles.